The summed E-state index contributed by atoms with van der Waals surface area (Å²) in [4.78, 5) is 22.9. The van der Waals surface area contributed by atoms with Crippen LogP contribution in [0, 0.1) is 5.82 Å². The number of carbonyl (C=O) groups is 2. The molecule has 34 heavy (non-hydrogen) atoms. The van der Waals surface area contributed by atoms with Crippen LogP contribution in [0.2, 0.25) is 0 Å². The molecule has 0 atom stereocenters. The van der Waals surface area contributed by atoms with Gasteiger partial charge < -0.3 is 14.6 Å². The van der Waals surface area contributed by atoms with Crippen molar-refractivity contribution in [3.8, 4) is 16.9 Å². The molecular weight excluding hydrogens is 465 g/mol. The Hall–Kier alpha value is -3.76. The molecule has 0 saturated carbocycles. The maximum absolute atomic E-state index is 13.2. The Balaban J connectivity index is 1.97. The fourth-order valence-corrected chi connectivity index (χ4v) is 4.39. The number of hydrogen-bond donors (Lipinski definition) is 1. The Bertz CT molecular complexity index is 1310. The van der Waals surface area contributed by atoms with E-state index in [2.05, 4.69) is 0 Å². The van der Waals surface area contributed by atoms with E-state index < -0.39 is 34.4 Å². The van der Waals surface area contributed by atoms with E-state index in [9.17, 15) is 22.4 Å². The Labute approximate surface area is 196 Å². The van der Waals surface area contributed by atoms with Crippen molar-refractivity contribution in [3.63, 3.8) is 0 Å². The molecule has 0 aliphatic rings. The first kappa shape index (κ1) is 24.9. The van der Waals surface area contributed by atoms with E-state index in [-0.39, 0.29) is 22.8 Å². The molecule has 0 heterocycles. The number of esters is 1. The van der Waals surface area contributed by atoms with Gasteiger partial charge in [-0.05, 0) is 59.7 Å². The zero-order chi connectivity index (χ0) is 24.9. The second-order valence-electron chi connectivity index (χ2n) is 7.30. The van der Waals surface area contributed by atoms with Gasteiger partial charge in [0.05, 0.1) is 17.6 Å². The first-order valence-corrected chi connectivity index (χ1v) is 11.4. The molecule has 8 nitrogen and oxygen atoms in total. The lowest BCUT2D eigenvalue weighted by Gasteiger charge is -2.19. The van der Waals surface area contributed by atoms with Crippen LogP contribution in [-0.2, 0) is 26.1 Å². The fraction of sp³-hybridized carbons (Fsp3) is 0.167. The van der Waals surface area contributed by atoms with E-state index in [4.69, 9.17) is 14.6 Å². The van der Waals surface area contributed by atoms with Gasteiger partial charge in [-0.2, -0.15) is 4.31 Å². The van der Waals surface area contributed by atoms with Gasteiger partial charge in [-0.25, -0.2) is 22.4 Å². The van der Waals surface area contributed by atoms with E-state index >= 15 is 0 Å². The Morgan fingerprint density at radius 2 is 1.74 bits per heavy atom. The van der Waals surface area contributed by atoms with Crippen molar-refractivity contribution in [2.24, 2.45) is 0 Å². The van der Waals surface area contributed by atoms with Gasteiger partial charge in [0.15, 0.2) is 6.61 Å². The lowest BCUT2D eigenvalue weighted by molar-refractivity contribution is -0.139. The summed E-state index contributed by atoms with van der Waals surface area (Å²) in [5.74, 6) is -2.01. The maximum Gasteiger partial charge on any atom is 0.341 e. The van der Waals surface area contributed by atoms with Gasteiger partial charge in [0.25, 0.3) is 0 Å². The highest BCUT2D eigenvalue weighted by molar-refractivity contribution is 7.89. The second kappa shape index (κ2) is 10.4. The van der Waals surface area contributed by atoms with Crippen LogP contribution in [0.4, 0.5) is 4.39 Å². The van der Waals surface area contributed by atoms with Crippen molar-refractivity contribution in [3.05, 3.63) is 83.7 Å². The molecule has 0 spiro atoms. The number of halogens is 1. The van der Waals surface area contributed by atoms with Gasteiger partial charge in [-0.3, -0.25) is 0 Å². The van der Waals surface area contributed by atoms with Crippen LogP contribution >= 0.6 is 0 Å². The Morgan fingerprint density at radius 3 is 2.38 bits per heavy atom. The van der Waals surface area contributed by atoms with Gasteiger partial charge in [-0.15, -0.1) is 0 Å². The second-order valence-corrected chi connectivity index (χ2v) is 9.35. The zero-order valence-electron chi connectivity index (χ0n) is 18.4. The minimum absolute atomic E-state index is 0.0252. The summed E-state index contributed by atoms with van der Waals surface area (Å²) >= 11 is 0. The van der Waals surface area contributed by atoms with Gasteiger partial charge in [0, 0.05) is 19.2 Å². The van der Waals surface area contributed by atoms with E-state index in [1.165, 1.54) is 32.4 Å². The molecule has 3 aromatic rings. The van der Waals surface area contributed by atoms with Crippen LogP contribution < -0.4 is 4.74 Å². The summed E-state index contributed by atoms with van der Waals surface area (Å²) in [5, 5.41) is 8.99. The summed E-state index contributed by atoms with van der Waals surface area (Å²) in [5.41, 5.74) is 1.88. The molecule has 0 bridgehead atoms. The van der Waals surface area contributed by atoms with E-state index in [1.807, 2.05) is 0 Å². The topological polar surface area (TPSA) is 110 Å². The van der Waals surface area contributed by atoms with Crippen molar-refractivity contribution in [2.45, 2.75) is 11.4 Å². The summed E-state index contributed by atoms with van der Waals surface area (Å²) in [6.45, 7) is -0.607. The Morgan fingerprint density at radius 1 is 1.03 bits per heavy atom. The van der Waals surface area contributed by atoms with Crippen molar-refractivity contribution >= 4 is 22.0 Å². The minimum atomic E-state index is -3.89. The van der Waals surface area contributed by atoms with Crippen molar-refractivity contribution in [1.29, 1.82) is 0 Å². The normalized spacial score (nSPS) is 11.3. The van der Waals surface area contributed by atoms with Crippen LogP contribution in [0.1, 0.15) is 15.9 Å². The molecule has 178 valence electrons. The molecule has 0 aliphatic heterocycles. The Kier molecular flexibility index (Phi) is 7.64. The monoisotopic (exact) mass is 487 g/mol. The summed E-state index contributed by atoms with van der Waals surface area (Å²) in [7, 11) is -1.24. The van der Waals surface area contributed by atoms with Crippen LogP contribution in [0.5, 0.6) is 5.75 Å². The average Bonchev–Trinajstić information content (AvgIpc) is 2.82. The zero-order valence-corrected chi connectivity index (χ0v) is 19.2. The molecule has 0 aromatic heterocycles. The quantitative estimate of drug-likeness (QED) is 0.460. The predicted molar refractivity (Wildman–Crippen MR) is 121 cm³/mol. The fourth-order valence-electron chi connectivity index (χ4n) is 3.23. The number of sulfonamides is 1. The maximum atomic E-state index is 13.2. The number of benzene rings is 3. The van der Waals surface area contributed by atoms with Crippen LogP contribution in [0.25, 0.3) is 11.1 Å². The van der Waals surface area contributed by atoms with Crippen LogP contribution in [0.15, 0.2) is 71.6 Å². The van der Waals surface area contributed by atoms with Crippen molar-refractivity contribution in [2.75, 3.05) is 20.8 Å². The molecule has 10 heteroatoms. The molecular formula is C24H22FNO7S. The van der Waals surface area contributed by atoms with Crippen molar-refractivity contribution < 1.29 is 37.0 Å². The number of nitrogens with zero attached hydrogens (tertiary/aromatic N) is 1. The first-order chi connectivity index (χ1) is 16.1. The number of aliphatic carboxylic acids is 1. The third-order valence-corrected chi connectivity index (χ3v) is 6.73. The van der Waals surface area contributed by atoms with E-state index in [0.29, 0.717) is 16.7 Å². The standard InChI is InChI=1S/C24H22FNO7S/c1-26(34(30,31)20-9-7-19(25)8-10-20)14-16-6-11-22(33-15-23(27)28)21(12-16)17-4-3-5-18(13-17)24(29)32-2/h3-13H,14-15H2,1-2H3,(H,27,28). The van der Waals surface area contributed by atoms with Gasteiger partial charge in [-0.1, -0.05) is 18.2 Å². The summed E-state index contributed by atoms with van der Waals surface area (Å²) in [6.07, 6.45) is 0. The highest BCUT2D eigenvalue weighted by Crippen LogP contribution is 2.32. The smallest absolute Gasteiger partial charge is 0.341 e. The molecule has 0 radical (unpaired) electrons. The summed E-state index contributed by atoms with van der Waals surface area (Å²) in [6, 6.07) is 15.8. The van der Waals surface area contributed by atoms with E-state index in [1.54, 1.807) is 36.4 Å². The van der Waals surface area contributed by atoms with Gasteiger partial charge >= 0.3 is 11.9 Å². The molecule has 0 saturated heterocycles. The average molecular weight is 488 g/mol. The first-order valence-electron chi connectivity index (χ1n) is 10.00. The number of carbonyl (C=O) groups excluding carboxylic acids is 1. The van der Waals surface area contributed by atoms with Crippen LogP contribution in [-0.4, -0.2) is 50.5 Å². The SMILES string of the molecule is COC(=O)c1cccc(-c2cc(CN(C)S(=O)(=O)c3ccc(F)cc3)ccc2OCC(=O)O)c1. The molecule has 0 fully saturated rings. The third-order valence-electron chi connectivity index (χ3n) is 4.92. The largest absolute Gasteiger partial charge is 0.481 e. The number of methoxy groups -OCH3 is 1. The van der Waals surface area contributed by atoms with Crippen LogP contribution in [0.3, 0.4) is 0 Å². The highest BCUT2D eigenvalue weighted by Gasteiger charge is 2.22. The molecule has 0 unspecified atom stereocenters. The van der Waals surface area contributed by atoms with Crippen molar-refractivity contribution in [1.82, 2.24) is 4.31 Å². The molecule has 3 rings (SSSR count). The summed E-state index contributed by atoms with van der Waals surface area (Å²) < 4.78 is 50.2. The number of hydrogen-bond acceptors (Lipinski definition) is 6. The molecule has 3 aromatic carbocycles. The van der Waals surface area contributed by atoms with Gasteiger partial charge in [0.2, 0.25) is 10.0 Å². The number of rotatable bonds is 9. The molecule has 0 aliphatic carbocycles. The minimum Gasteiger partial charge on any atom is -0.481 e. The number of carboxylic acids is 1. The third kappa shape index (κ3) is 5.77. The van der Waals surface area contributed by atoms with E-state index in [0.717, 1.165) is 16.4 Å². The highest BCUT2D eigenvalue weighted by atomic mass is 32.2. The number of ether oxygens (including phenoxy) is 2. The molecule has 0 amide bonds. The molecule has 1 N–H and O–H groups in total. The van der Waals surface area contributed by atoms with Gasteiger partial charge in [0.1, 0.15) is 11.6 Å². The lowest BCUT2D eigenvalue weighted by Crippen LogP contribution is -2.26. The number of carboxylic acid groups (broad SMARTS) is 1. The predicted octanol–water partition coefficient (Wildman–Crippen LogP) is 3.56. The lowest BCUT2D eigenvalue weighted by atomic mass is 10.00.